The number of rotatable bonds is 7. The molecule has 4 aromatic rings. The van der Waals surface area contributed by atoms with Gasteiger partial charge in [0.15, 0.2) is 17.0 Å². The maximum absolute atomic E-state index is 9.88. The summed E-state index contributed by atoms with van der Waals surface area (Å²) in [6, 6.07) is 11.6. The average Bonchev–Trinajstić information content (AvgIpc) is 3.66. The van der Waals surface area contributed by atoms with E-state index in [2.05, 4.69) is 56.3 Å². The summed E-state index contributed by atoms with van der Waals surface area (Å²) in [4.78, 5) is 14.5. The molecule has 2 fully saturated rings. The van der Waals surface area contributed by atoms with Crippen LogP contribution in [0.5, 0.6) is 0 Å². The first-order chi connectivity index (χ1) is 17.2. The molecule has 0 spiro atoms. The van der Waals surface area contributed by atoms with Crippen molar-refractivity contribution in [2.24, 2.45) is 0 Å². The molecule has 0 atom stereocenters. The number of aliphatic hydroxyl groups is 1. The second-order valence-corrected chi connectivity index (χ2v) is 10.7. The van der Waals surface area contributed by atoms with Crippen molar-refractivity contribution in [3.05, 3.63) is 53.0 Å². The van der Waals surface area contributed by atoms with E-state index < -0.39 is 0 Å². The third kappa shape index (κ3) is 4.90. The molecule has 0 radical (unpaired) electrons. The molecule has 0 saturated heterocycles. The van der Waals surface area contributed by atoms with Crippen molar-refractivity contribution < 1.29 is 5.11 Å². The molecule has 3 heterocycles. The van der Waals surface area contributed by atoms with Crippen molar-refractivity contribution in [3.63, 3.8) is 0 Å². The number of nitrogens with one attached hydrogen (secondary N) is 2. The Balaban J connectivity index is 1.25. The highest BCUT2D eigenvalue weighted by atomic mass is 32.1. The fraction of sp³-hybridized carbons (Fsp3) is 0.444. The molecule has 0 bridgehead atoms. The molecule has 7 nitrogen and oxygen atoms in total. The first-order valence-electron chi connectivity index (χ1n) is 12.8. The zero-order chi connectivity index (χ0) is 23.6. The summed E-state index contributed by atoms with van der Waals surface area (Å²) < 4.78 is 2.25. The van der Waals surface area contributed by atoms with Crippen molar-refractivity contribution in [3.8, 4) is 11.1 Å². The van der Waals surface area contributed by atoms with Gasteiger partial charge in [0.05, 0.1) is 12.4 Å². The molecular weight excluding hydrogens is 456 g/mol. The number of fused-ring (bicyclic) bond motifs is 1. The molecule has 0 unspecified atom stereocenters. The number of thiophene rings is 1. The summed E-state index contributed by atoms with van der Waals surface area (Å²) in [5.74, 6) is 1.42. The summed E-state index contributed by atoms with van der Waals surface area (Å²) in [7, 11) is 0. The highest BCUT2D eigenvalue weighted by Crippen LogP contribution is 2.33. The summed E-state index contributed by atoms with van der Waals surface area (Å²) in [6.07, 6.45) is 10.2. The molecule has 2 aliphatic rings. The van der Waals surface area contributed by atoms with E-state index in [1.807, 2.05) is 6.33 Å². The van der Waals surface area contributed by atoms with E-state index >= 15 is 0 Å². The maximum Gasteiger partial charge on any atom is 0.227 e. The second-order valence-electron chi connectivity index (χ2n) is 9.87. The minimum Gasteiger partial charge on any atom is -0.393 e. The van der Waals surface area contributed by atoms with Gasteiger partial charge >= 0.3 is 0 Å². The summed E-state index contributed by atoms with van der Waals surface area (Å²) in [5, 5.41) is 21.3. The Labute approximate surface area is 209 Å². The molecular formula is C27H32N6OS. The predicted molar refractivity (Wildman–Crippen MR) is 142 cm³/mol. The first-order valence-corrected chi connectivity index (χ1v) is 13.7. The molecule has 3 N–H and O–H groups in total. The van der Waals surface area contributed by atoms with Crippen LogP contribution in [0.4, 0.5) is 11.8 Å². The summed E-state index contributed by atoms with van der Waals surface area (Å²) in [6.45, 7) is 0.668. The minimum absolute atomic E-state index is 0.177. The summed E-state index contributed by atoms with van der Waals surface area (Å²) >= 11 is 1.72. The molecule has 0 amide bonds. The van der Waals surface area contributed by atoms with Gasteiger partial charge in [-0.2, -0.15) is 21.3 Å². The maximum atomic E-state index is 9.88. The normalized spacial score (nSPS) is 20.9. The Morgan fingerprint density at radius 1 is 0.943 bits per heavy atom. The Hall–Kier alpha value is -2.97. The highest BCUT2D eigenvalue weighted by molar-refractivity contribution is 7.08. The standard InChI is InChI=1S/C27H32N6OS/c34-23-11-9-21(10-12-23)30-27-31-25(24-26(32-27)33(17-29-24)22-3-1-2-4-22)28-15-18-5-7-19(8-6-18)20-13-14-35-16-20/h5-8,13-14,16-17,21-23,34H,1-4,9-12,15H2,(H2,28,30,31,32). The monoisotopic (exact) mass is 488 g/mol. The Morgan fingerprint density at radius 2 is 1.74 bits per heavy atom. The van der Waals surface area contributed by atoms with Gasteiger partial charge in [0.25, 0.3) is 0 Å². The Bertz CT molecular complexity index is 1260. The quantitative estimate of drug-likeness (QED) is 0.296. The van der Waals surface area contributed by atoms with E-state index in [1.54, 1.807) is 11.3 Å². The van der Waals surface area contributed by atoms with Gasteiger partial charge in [0.2, 0.25) is 5.95 Å². The van der Waals surface area contributed by atoms with Crippen molar-refractivity contribution in [1.29, 1.82) is 0 Å². The van der Waals surface area contributed by atoms with Crippen molar-refractivity contribution in [2.75, 3.05) is 10.6 Å². The number of benzene rings is 1. The fourth-order valence-corrected chi connectivity index (χ4v) is 6.05. The van der Waals surface area contributed by atoms with Crippen LogP contribution in [-0.4, -0.2) is 36.8 Å². The Morgan fingerprint density at radius 3 is 2.49 bits per heavy atom. The van der Waals surface area contributed by atoms with Crippen LogP contribution in [0.3, 0.4) is 0 Å². The van der Waals surface area contributed by atoms with Gasteiger partial charge in [-0.15, -0.1) is 0 Å². The zero-order valence-electron chi connectivity index (χ0n) is 19.9. The van der Waals surface area contributed by atoms with Crippen molar-refractivity contribution in [1.82, 2.24) is 19.5 Å². The van der Waals surface area contributed by atoms with Crippen molar-refractivity contribution in [2.45, 2.75) is 76.1 Å². The van der Waals surface area contributed by atoms with Crippen molar-refractivity contribution >= 4 is 34.3 Å². The molecule has 2 saturated carbocycles. The molecule has 6 rings (SSSR count). The van der Waals surface area contributed by atoms with Crippen LogP contribution >= 0.6 is 11.3 Å². The first kappa shape index (κ1) is 22.5. The topological polar surface area (TPSA) is 87.9 Å². The SMILES string of the molecule is OC1CCC(Nc2nc(NCc3ccc(-c4ccsc4)cc3)c3ncn(C4CCCC4)c3n2)CC1. The van der Waals surface area contributed by atoms with Crippen LogP contribution in [0.15, 0.2) is 47.4 Å². The van der Waals surface area contributed by atoms with Gasteiger partial charge in [0, 0.05) is 18.6 Å². The lowest BCUT2D eigenvalue weighted by Crippen LogP contribution is -2.29. The lowest BCUT2D eigenvalue weighted by Gasteiger charge is -2.26. The molecule has 182 valence electrons. The van der Waals surface area contributed by atoms with Gasteiger partial charge in [-0.1, -0.05) is 37.1 Å². The smallest absolute Gasteiger partial charge is 0.227 e. The molecule has 1 aromatic carbocycles. The van der Waals surface area contributed by atoms with E-state index in [9.17, 15) is 5.11 Å². The van der Waals surface area contributed by atoms with E-state index in [1.165, 1.54) is 42.4 Å². The molecule has 3 aromatic heterocycles. The number of hydrogen-bond donors (Lipinski definition) is 3. The van der Waals surface area contributed by atoms with Gasteiger partial charge in [-0.25, -0.2) is 4.98 Å². The van der Waals surface area contributed by atoms with Gasteiger partial charge in [0.1, 0.15) is 0 Å². The molecule has 8 heteroatoms. The van der Waals surface area contributed by atoms with Crippen LogP contribution in [0.2, 0.25) is 0 Å². The molecule has 2 aliphatic carbocycles. The van der Waals surface area contributed by atoms with E-state index in [-0.39, 0.29) is 12.1 Å². The second kappa shape index (κ2) is 9.95. The largest absolute Gasteiger partial charge is 0.393 e. The average molecular weight is 489 g/mol. The predicted octanol–water partition coefficient (Wildman–Crippen LogP) is 6.00. The molecule has 0 aliphatic heterocycles. The zero-order valence-corrected chi connectivity index (χ0v) is 20.7. The van der Waals surface area contributed by atoms with Gasteiger partial charge in [-0.3, -0.25) is 0 Å². The van der Waals surface area contributed by atoms with E-state index in [0.29, 0.717) is 18.5 Å². The van der Waals surface area contributed by atoms with E-state index in [4.69, 9.17) is 15.0 Å². The van der Waals surface area contributed by atoms with Crippen LogP contribution in [0.1, 0.15) is 63.0 Å². The van der Waals surface area contributed by atoms with Crippen LogP contribution in [0.25, 0.3) is 22.3 Å². The molecule has 35 heavy (non-hydrogen) atoms. The van der Waals surface area contributed by atoms with E-state index in [0.717, 1.165) is 42.7 Å². The third-order valence-corrected chi connectivity index (χ3v) is 8.12. The number of imidazole rings is 1. The fourth-order valence-electron chi connectivity index (χ4n) is 5.39. The number of hydrogen-bond acceptors (Lipinski definition) is 7. The van der Waals surface area contributed by atoms with Crippen LogP contribution < -0.4 is 10.6 Å². The lowest BCUT2D eigenvalue weighted by atomic mass is 9.93. The van der Waals surface area contributed by atoms with Gasteiger partial charge in [-0.05, 0) is 72.0 Å². The van der Waals surface area contributed by atoms with Gasteiger partial charge < -0.3 is 20.3 Å². The number of anilines is 2. The Kier molecular flexibility index (Phi) is 6.39. The number of aromatic nitrogens is 4. The van der Waals surface area contributed by atoms with Crippen LogP contribution in [-0.2, 0) is 6.54 Å². The minimum atomic E-state index is -0.177. The summed E-state index contributed by atoms with van der Waals surface area (Å²) in [5.41, 5.74) is 5.42. The van der Waals surface area contributed by atoms with Crippen LogP contribution in [0, 0.1) is 0 Å². The third-order valence-electron chi connectivity index (χ3n) is 7.44. The lowest BCUT2D eigenvalue weighted by molar-refractivity contribution is 0.126. The highest BCUT2D eigenvalue weighted by Gasteiger charge is 2.24. The number of nitrogens with zero attached hydrogens (tertiary/aromatic N) is 4. The number of aliphatic hydroxyl groups excluding tert-OH is 1.